The quantitative estimate of drug-likeness (QED) is 0.793. The van der Waals surface area contributed by atoms with E-state index in [4.69, 9.17) is 16.9 Å². The molecule has 2 rings (SSSR count). The average molecular weight is 289 g/mol. The first-order valence-corrected chi connectivity index (χ1v) is 6.71. The molecule has 2 aromatic carbocycles. The van der Waals surface area contributed by atoms with Gasteiger partial charge in [-0.1, -0.05) is 12.1 Å². The molecule has 0 bridgehead atoms. The van der Waals surface area contributed by atoms with Gasteiger partial charge in [-0.05, 0) is 41.5 Å². The monoisotopic (exact) mass is 288 g/mol. The smallest absolute Gasteiger partial charge is 0.125 e. The number of halogens is 2. The molecule has 0 heterocycles. The van der Waals surface area contributed by atoms with Gasteiger partial charge in [0, 0.05) is 25.2 Å². The topological polar surface area (TPSA) is 27.0 Å². The minimum atomic E-state index is -0.296. The largest absolute Gasteiger partial charge is 0.370 e. The molecule has 0 fully saturated rings. The standard InChI is InChI=1S/C16H14ClFN2/c1-20(11-13-4-2-3-12(5-13)10-19)16-7-14(9-17)6-15(18)8-16/h2-8H,9,11H2,1H3. The summed E-state index contributed by atoms with van der Waals surface area (Å²) in [7, 11) is 1.88. The van der Waals surface area contributed by atoms with E-state index in [1.165, 1.54) is 12.1 Å². The average Bonchev–Trinajstić information content (AvgIpc) is 2.46. The molecule has 0 saturated heterocycles. The summed E-state index contributed by atoms with van der Waals surface area (Å²) in [6.07, 6.45) is 0. The van der Waals surface area contributed by atoms with Crippen molar-refractivity contribution < 1.29 is 4.39 Å². The molecule has 4 heteroatoms. The molecule has 0 aromatic heterocycles. The first-order chi connectivity index (χ1) is 9.62. The van der Waals surface area contributed by atoms with Crippen LogP contribution in [0.3, 0.4) is 0 Å². The maximum Gasteiger partial charge on any atom is 0.125 e. The summed E-state index contributed by atoms with van der Waals surface area (Å²) in [6, 6.07) is 14.3. The van der Waals surface area contributed by atoms with Gasteiger partial charge in [-0.2, -0.15) is 5.26 Å². The second-order valence-corrected chi connectivity index (χ2v) is 4.89. The van der Waals surface area contributed by atoms with Gasteiger partial charge in [0.05, 0.1) is 11.6 Å². The Morgan fingerprint density at radius 2 is 2.00 bits per heavy atom. The Labute approximate surface area is 123 Å². The highest BCUT2D eigenvalue weighted by Gasteiger charge is 2.06. The van der Waals surface area contributed by atoms with Crippen molar-refractivity contribution in [1.29, 1.82) is 5.26 Å². The zero-order valence-corrected chi connectivity index (χ0v) is 11.9. The molecule has 0 radical (unpaired) electrons. The Kier molecular flexibility index (Phi) is 4.60. The fourth-order valence-corrected chi connectivity index (χ4v) is 2.19. The van der Waals surface area contributed by atoms with Gasteiger partial charge in [0.25, 0.3) is 0 Å². The molecule has 0 amide bonds. The number of hydrogen-bond acceptors (Lipinski definition) is 2. The van der Waals surface area contributed by atoms with Gasteiger partial charge in [-0.3, -0.25) is 0 Å². The summed E-state index contributed by atoms with van der Waals surface area (Å²) in [5, 5.41) is 8.89. The minimum absolute atomic E-state index is 0.280. The minimum Gasteiger partial charge on any atom is -0.370 e. The Balaban J connectivity index is 2.21. The molecule has 0 atom stereocenters. The van der Waals surface area contributed by atoms with Gasteiger partial charge < -0.3 is 4.90 Å². The van der Waals surface area contributed by atoms with E-state index in [0.29, 0.717) is 12.1 Å². The summed E-state index contributed by atoms with van der Waals surface area (Å²) >= 11 is 5.75. The molecule has 102 valence electrons. The Morgan fingerprint density at radius 3 is 2.70 bits per heavy atom. The Bertz CT molecular complexity index is 649. The number of hydrogen-bond donors (Lipinski definition) is 0. The maximum atomic E-state index is 13.5. The van der Waals surface area contributed by atoms with Crippen LogP contribution >= 0.6 is 11.6 Å². The molecule has 0 spiro atoms. The lowest BCUT2D eigenvalue weighted by Gasteiger charge is -2.20. The van der Waals surface area contributed by atoms with Crippen molar-refractivity contribution in [1.82, 2.24) is 0 Å². The van der Waals surface area contributed by atoms with E-state index in [9.17, 15) is 4.39 Å². The number of benzene rings is 2. The van der Waals surface area contributed by atoms with Crippen LogP contribution in [0.15, 0.2) is 42.5 Å². The predicted molar refractivity (Wildman–Crippen MR) is 79.2 cm³/mol. The van der Waals surface area contributed by atoms with Crippen LogP contribution in [0.2, 0.25) is 0 Å². The molecular weight excluding hydrogens is 275 g/mol. The summed E-state index contributed by atoms with van der Waals surface area (Å²) < 4.78 is 13.5. The van der Waals surface area contributed by atoms with Crippen LogP contribution in [0.4, 0.5) is 10.1 Å². The van der Waals surface area contributed by atoms with E-state index in [-0.39, 0.29) is 11.7 Å². The van der Waals surface area contributed by atoms with Crippen molar-refractivity contribution in [2.45, 2.75) is 12.4 Å². The highest BCUT2D eigenvalue weighted by atomic mass is 35.5. The zero-order chi connectivity index (χ0) is 14.5. The fraction of sp³-hybridized carbons (Fsp3) is 0.188. The molecule has 0 aliphatic heterocycles. The van der Waals surface area contributed by atoms with Crippen molar-refractivity contribution in [3.05, 3.63) is 65.0 Å². The SMILES string of the molecule is CN(Cc1cccc(C#N)c1)c1cc(F)cc(CCl)c1. The molecule has 0 unspecified atom stereocenters. The van der Waals surface area contributed by atoms with Gasteiger partial charge in [-0.15, -0.1) is 11.6 Å². The lowest BCUT2D eigenvalue weighted by Crippen LogP contribution is -2.16. The van der Waals surface area contributed by atoms with Gasteiger partial charge in [0.15, 0.2) is 0 Å². The molecule has 20 heavy (non-hydrogen) atoms. The molecule has 0 N–H and O–H groups in total. The lowest BCUT2D eigenvalue weighted by molar-refractivity contribution is 0.625. The van der Waals surface area contributed by atoms with Crippen molar-refractivity contribution in [2.24, 2.45) is 0 Å². The molecule has 2 nitrogen and oxygen atoms in total. The third-order valence-corrected chi connectivity index (χ3v) is 3.32. The fourth-order valence-electron chi connectivity index (χ4n) is 2.04. The third kappa shape index (κ3) is 3.49. The predicted octanol–water partition coefficient (Wildman–Crippen LogP) is 4.07. The Hall–Kier alpha value is -2.05. The molecule has 0 saturated carbocycles. The first kappa shape index (κ1) is 14.4. The van der Waals surface area contributed by atoms with E-state index < -0.39 is 0 Å². The van der Waals surface area contributed by atoms with E-state index in [1.54, 1.807) is 6.07 Å². The van der Waals surface area contributed by atoms with Gasteiger partial charge in [0.2, 0.25) is 0 Å². The lowest BCUT2D eigenvalue weighted by atomic mass is 10.1. The maximum absolute atomic E-state index is 13.5. The van der Waals surface area contributed by atoms with Crippen LogP contribution < -0.4 is 4.90 Å². The number of nitrogens with zero attached hydrogens (tertiary/aromatic N) is 2. The van der Waals surface area contributed by atoms with Gasteiger partial charge in [0.1, 0.15) is 5.82 Å². The highest BCUT2D eigenvalue weighted by Crippen LogP contribution is 2.20. The molecule has 0 aliphatic carbocycles. The number of nitriles is 1. The van der Waals surface area contributed by atoms with Crippen LogP contribution in [0.5, 0.6) is 0 Å². The summed E-state index contributed by atoms with van der Waals surface area (Å²) in [4.78, 5) is 1.93. The van der Waals surface area contributed by atoms with Crippen molar-refractivity contribution in [2.75, 3.05) is 11.9 Å². The van der Waals surface area contributed by atoms with E-state index in [2.05, 4.69) is 6.07 Å². The number of alkyl halides is 1. The van der Waals surface area contributed by atoms with Crippen molar-refractivity contribution >= 4 is 17.3 Å². The molecule has 2 aromatic rings. The summed E-state index contributed by atoms with van der Waals surface area (Å²) in [5.41, 5.74) is 3.14. The van der Waals surface area contributed by atoms with Gasteiger partial charge >= 0.3 is 0 Å². The first-order valence-electron chi connectivity index (χ1n) is 6.18. The summed E-state index contributed by atoms with van der Waals surface area (Å²) in [6.45, 7) is 0.598. The zero-order valence-electron chi connectivity index (χ0n) is 11.1. The van der Waals surface area contributed by atoms with Crippen molar-refractivity contribution in [3.8, 4) is 6.07 Å². The normalized spacial score (nSPS) is 10.1. The summed E-state index contributed by atoms with van der Waals surface area (Å²) in [5.74, 6) is -0.0153. The highest BCUT2D eigenvalue weighted by molar-refractivity contribution is 6.17. The van der Waals surface area contributed by atoms with Crippen LogP contribution in [-0.4, -0.2) is 7.05 Å². The van der Waals surface area contributed by atoms with Crippen LogP contribution in [0, 0.1) is 17.1 Å². The van der Waals surface area contributed by atoms with Crippen LogP contribution in [-0.2, 0) is 12.4 Å². The third-order valence-electron chi connectivity index (χ3n) is 3.01. The molecular formula is C16H14ClFN2. The van der Waals surface area contributed by atoms with E-state index in [1.807, 2.05) is 36.2 Å². The van der Waals surface area contributed by atoms with Crippen molar-refractivity contribution in [3.63, 3.8) is 0 Å². The number of rotatable bonds is 4. The van der Waals surface area contributed by atoms with Crippen LogP contribution in [0.25, 0.3) is 0 Å². The Morgan fingerprint density at radius 1 is 1.20 bits per heavy atom. The number of anilines is 1. The van der Waals surface area contributed by atoms with Gasteiger partial charge in [-0.25, -0.2) is 4.39 Å². The van der Waals surface area contributed by atoms with Crippen LogP contribution in [0.1, 0.15) is 16.7 Å². The van der Waals surface area contributed by atoms with E-state index in [0.717, 1.165) is 16.8 Å². The second-order valence-electron chi connectivity index (χ2n) is 4.62. The second kappa shape index (κ2) is 6.40. The molecule has 0 aliphatic rings. The van der Waals surface area contributed by atoms with E-state index >= 15 is 0 Å².